The molecule has 0 aliphatic heterocycles. The minimum Gasteiger partial charge on any atom is -0.495 e. The van der Waals surface area contributed by atoms with Crippen LogP contribution in [0.4, 0.5) is 0 Å². The van der Waals surface area contributed by atoms with Crippen LogP contribution in [0, 0.1) is 6.92 Å². The molecule has 0 aliphatic carbocycles. The summed E-state index contributed by atoms with van der Waals surface area (Å²) in [5.74, 6) is 0.614. The summed E-state index contributed by atoms with van der Waals surface area (Å²) >= 11 is 1.55. The number of aliphatic hydroxyl groups excluding tert-OH is 1. The van der Waals surface area contributed by atoms with Crippen molar-refractivity contribution < 1.29 is 9.84 Å². The predicted octanol–water partition coefficient (Wildman–Crippen LogP) is 2.54. The van der Waals surface area contributed by atoms with E-state index in [1.165, 1.54) is 0 Å². The molecule has 0 radical (unpaired) electrons. The van der Waals surface area contributed by atoms with Gasteiger partial charge in [0, 0.05) is 16.6 Å². The van der Waals surface area contributed by atoms with Gasteiger partial charge in [-0.05, 0) is 30.0 Å². The van der Waals surface area contributed by atoms with Crippen LogP contribution in [0.15, 0.2) is 29.9 Å². The van der Waals surface area contributed by atoms with Gasteiger partial charge < -0.3 is 9.84 Å². The van der Waals surface area contributed by atoms with Gasteiger partial charge in [0.05, 0.1) is 13.3 Å². The lowest BCUT2D eigenvalue weighted by atomic mass is 10.1. The zero-order valence-corrected chi connectivity index (χ0v) is 9.99. The van der Waals surface area contributed by atoms with Gasteiger partial charge >= 0.3 is 0 Å². The van der Waals surface area contributed by atoms with Crippen LogP contribution in [-0.4, -0.2) is 17.2 Å². The van der Waals surface area contributed by atoms with E-state index < -0.39 is 6.10 Å². The van der Waals surface area contributed by atoms with Gasteiger partial charge in [-0.25, -0.2) is 0 Å². The van der Waals surface area contributed by atoms with Crippen molar-refractivity contribution in [3.8, 4) is 5.75 Å². The van der Waals surface area contributed by atoms with Crippen molar-refractivity contribution in [3.63, 3.8) is 0 Å². The minimum absolute atomic E-state index is 0.614. The first-order chi connectivity index (χ1) is 7.74. The molecule has 0 aromatic carbocycles. The van der Waals surface area contributed by atoms with Crippen LogP contribution in [0.5, 0.6) is 5.75 Å². The monoisotopic (exact) mass is 235 g/mol. The first kappa shape index (κ1) is 11.1. The fraction of sp³-hybridized carbons (Fsp3) is 0.250. The highest BCUT2D eigenvalue weighted by atomic mass is 32.1. The lowest BCUT2D eigenvalue weighted by molar-refractivity contribution is 0.217. The maximum Gasteiger partial charge on any atom is 0.143 e. The van der Waals surface area contributed by atoms with E-state index in [9.17, 15) is 5.11 Å². The van der Waals surface area contributed by atoms with Crippen LogP contribution in [0.1, 0.15) is 22.1 Å². The number of hydrogen-bond acceptors (Lipinski definition) is 4. The average Bonchev–Trinajstić information content (AvgIpc) is 2.74. The SMILES string of the molecule is COc1cnccc1C(O)c1sccc1C. The molecule has 0 spiro atoms. The molecule has 2 heterocycles. The van der Waals surface area contributed by atoms with Gasteiger partial charge in [-0.2, -0.15) is 0 Å². The Bertz CT molecular complexity index is 481. The van der Waals surface area contributed by atoms with Crippen molar-refractivity contribution in [2.45, 2.75) is 13.0 Å². The topological polar surface area (TPSA) is 42.4 Å². The fourth-order valence-corrected chi connectivity index (χ4v) is 2.52. The highest BCUT2D eigenvalue weighted by molar-refractivity contribution is 7.10. The molecule has 16 heavy (non-hydrogen) atoms. The smallest absolute Gasteiger partial charge is 0.143 e. The number of aliphatic hydroxyl groups is 1. The Hall–Kier alpha value is -1.39. The molecule has 1 unspecified atom stereocenters. The summed E-state index contributed by atoms with van der Waals surface area (Å²) in [6.45, 7) is 1.99. The van der Waals surface area contributed by atoms with Crippen LogP contribution in [-0.2, 0) is 0 Å². The normalized spacial score (nSPS) is 12.4. The molecule has 4 heteroatoms. The molecular weight excluding hydrogens is 222 g/mol. The molecule has 84 valence electrons. The molecule has 2 aromatic rings. The summed E-state index contributed by atoms with van der Waals surface area (Å²) in [4.78, 5) is 4.92. The fourth-order valence-electron chi connectivity index (χ4n) is 1.59. The molecule has 0 bridgehead atoms. The van der Waals surface area contributed by atoms with E-state index in [-0.39, 0.29) is 0 Å². The number of rotatable bonds is 3. The highest BCUT2D eigenvalue weighted by Gasteiger charge is 2.17. The third-order valence-corrected chi connectivity index (χ3v) is 3.55. The van der Waals surface area contributed by atoms with E-state index in [0.717, 1.165) is 16.0 Å². The first-order valence-electron chi connectivity index (χ1n) is 4.94. The largest absolute Gasteiger partial charge is 0.495 e. The molecule has 1 atom stereocenters. The van der Waals surface area contributed by atoms with E-state index >= 15 is 0 Å². The number of aromatic nitrogens is 1. The molecule has 3 nitrogen and oxygen atoms in total. The second-order valence-corrected chi connectivity index (χ2v) is 4.44. The predicted molar refractivity (Wildman–Crippen MR) is 63.9 cm³/mol. The summed E-state index contributed by atoms with van der Waals surface area (Å²) in [6, 6.07) is 3.78. The van der Waals surface area contributed by atoms with Crippen molar-refractivity contribution in [1.82, 2.24) is 4.98 Å². The molecule has 1 N–H and O–H groups in total. The summed E-state index contributed by atoms with van der Waals surface area (Å²) in [6.07, 6.45) is 2.63. The van der Waals surface area contributed by atoms with Gasteiger partial charge in [0.2, 0.25) is 0 Å². The van der Waals surface area contributed by atoms with Gasteiger partial charge in [-0.1, -0.05) is 0 Å². The first-order valence-corrected chi connectivity index (χ1v) is 5.82. The van der Waals surface area contributed by atoms with Crippen molar-refractivity contribution in [1.29, 1.82) is 0 Å². The molecular formula is C12H13NO2S. The van der Waals surface area contributed by atoms with E-state index in [4.69, 9.17) is 4.74 Å². The van der Waals surface area contributed by atoms with Crippen molar-refractivity contribution >= 4 is 11.3 Å². The average molecular weight is 235 g/mol. The van der Waals surface area contributed by atoms with Crippen LogP contribution in [0.25, 0.3) is 0 Å². The Balaban J connectivity index is 2.41. The van der Waals surface area contributed by atoms with Crippen LogP contribution < -0.4 is 4.74 Å². The Kier molecular flexibility index (Phi) is 3.22. The van der Waals surface area contributed by atoms with Gasteiger partial charge in [-0.3, -0.25) is 4.98 Å². The zero-order chi connectivity index (χ0) is 11.5. The maximum atomic E-state index is 10.3. The van der Waals surface area contributed by atoms with Gasteiger partial charge in [0.1, 0.15) is 11.9 Å². The Labute approximate surface area is 98.4 Å². The second-order valence-electron chi connectivity index (χ2n) is 3.49. The standard InChI is InChI=1S/C12H13NO2S/c1-8-4-6-16-12(8)11(14)9-3-5-13-7-10(9)15-2/h3-7,11,14H,1-2H3. The van der Waals surface area contributed by atoms with E-state index in [0.29, 0.717) is 5.75 Å². The number of thiophene rings is 1. The molecule has 0 amide bonds. The Morgan fingerprint density at radius 1 is 1.44 bits per heavy atom. The van der Waals surface area contributed by atoms with E-state index in [2.05, 4.69) is 4.98 Å². The van der Waals surface area contributed by atoms with Crippen LogP contribution in [0.2, 0.25) is 0 Å². The van der Waals surface area contributed by atoms with Crippen LogP contribution >= 0.6 is 11.3 Å². The number of methoxy groups -OCH3 is 1. The van der Waals surface area contributed by atoms with Crippen molar-refractivity contribution in [3.05, 3.63) is 45.9 Å². The lowest BCUT2D eigenvalue weighted by Gasteiger charge is -2.13. The molecule has 0 aliphatic rings. The molecule has 0 fully saturated rings. The molecule has 2 aromatic heterocycles. The highest BCUT2D eigenvalue weighted by Crippen LogP contribution is 2.33. The summed E-state index contributed by atoms with van der Waals surface area (Å²) in [5, 5.41) is 12.2. The quantitative estimate of drug-likeness (QED) is 0.889. The van der Waals surface area contributed by atoms with Crippen molar-refractivity contribution in [2.24, 2.45) is 0 Å². The van der Waals surface area contributed by atoms with Gasteiger partial charge in [0.25, 0.3) is 0 Å². The van der Waals surface area contributed by atoms with E-state index in [1.807, 2.05) is 18.4 Å². The molecule has 0 saturated carbocycles. The number of hydrogen-bond donors (Lipinski definition) is 1. The third-order valence-electron chi connectivity index (χ3n) is 2.48. The maximum absolute atomic E-state index is 10.3. The number of ether oxygens (including phenoxy) is 1. The Morgan fingerprint density at radius 2 is 2.25 bits per heavy atom. The van der Waals surface area contributed by atoms with E-state index in [1.54, 1.807) is 36.9 Å². The number of aryl methyl sites for hydroxylation is 1. The summed E-state index contributed by atoms with van der Waals surface area (Å²) in [7, 11) is 1.58. The summed E-state index contributed by atoms with van der Waals surface area (Å²) in [5.41, 5.74) is 1.85. The number of nitrogens with zero attached hydrogens (tertiary/aromatic N) is 1. The minimum atomic E-state index is -0.641. The molecule has 0 saturated heterocycles. The zero-order valence-electron chi connectivity index (χ0n) is 9.18. The number of pyridine rings is 1. The van der Waals surface area contributed by atoms with Gasteiger partial charge in [-0.15, -0.1) is 11.3 Å². The van der Waals surface area contributed by atoms with Crippen molar-refractivity contribution in [2.75, 3.05) is 7.11 Å². The second kappa shape index (κ2) is 4.63. The third kappa shape index (κ3) is 1.94. The lowest BCUT2D eigenvalue weighted by Crippen LogP contribution is -2.02. The summed E-state index contributed by atoms with van der Waals surface area (Å²) < 4.78 is 5.19. The van der Waals surface area contributed by atoms with Crippen LogP contribution in [0.3, 0.4) is 0 Å². The van der Waals surface area contributed by atoms with Gasteiger partial charge in [0.15, 0.2) is 0 Å². The Morgan fingerprint density at radius 3 is 2.88 bits per heavy atom. The molecule has 2 rings (SSSR count).